The first-order valence-corrected chi connectivity index (χ1v) is 6.70. The highest BCUT2D eigenvalue weighted by molar-refractivity contribution is 5.30. The Hall–Kier alpha value is -1.98. The van der Waals surface area contributed by atoms with Crippen LogP contribution in [0.15, 0.2) is 42.7 Å². The van der Waals surface area contributed by atoms with Crippen molar-refractivity contribution in [3.8, 4) is 11.8 Å². The van der Waals surface area contributed by atoms with Gasteiger partial charge in [0.05, 0.1) is 6.61 Å². The summed E-state index contributed by atoms with van der Waals surface area (Å²) in [5.74, 6) is 0.701. The van der Waals surface area contributed by atoms with Gasteiger partial charge in [-0.15, -0.1) is 0 Å². The minimum absolute atomic E-state index is 0.122. The largest absolute Gasteiger partial charge is 0.424 e. The highest BCUT2D eigenvalue weighted by Gasteiger charge is 2.05. The van der Waals surface area contributed by atoms with Gasteiger partial charge in [0, 0.05) is 25.0 Å². The maximum atomic E-state index is 9.15. The molecule has 1 aromatic carbocycles. The van der Waals surface area contributed by atoms with E-state index in [1.165, 1.54) is 0 Å². The van der Waals surface area contributed by atoms with Crippen LogP contribution in [-0.2, 0) is 6.54 Å². The van der Waals surface area contributed by atoms with Gasteiger partial charge < -0.3 is 15.2 Å². The van der Waals surface area contributed by atoms with Gasteiger partial charge in [-0.1, -0.05) is 19.1 Å². The van der Waals surface area contributed by atoms with Gasteiger partial charge in [-0.25, -0.2) is 9.97 Å². The van der Waals surface area contributed by atoms with Gasteiger partial charge in [-0.2, -0.15) is 0 Å². The zero-order valence-corrected chi connectivity index (χ0v) is 11.5. The molecule has 5 nitrogen and oxygen atoms in total. The Morgan fingerprint density at radius 3 is 2.75 bits per heavy atom. The van der Waals surface area contributed by atoms with Crippen LogP contribution in [0, 0.1) is 0 Å². The Morgan fingerprint density at radius 1 is 1.25 bits per heavy atom. The van der Waals surface area contributed by atoms with E-state index < -0.39 is 0 Å². The second-order valence-electron chi connectivity index (χ2n) is 4.45. The third-order valence-electron chi connectivity index (χ3n) is 2.96. The summed E-state index contributed by atoms with van der Waals surface area (Å²) in [6, 6.07) is 9.94. The number of aromatic nitrogens is 2. The van der Waals surface area contributed by atoms with Crippen LogP contribution >= 0.6 is 0 Å². The number of nitrogens with one attached hydrogen (secondary N) is 1. The number of hydrogen-bond donors (Lipinski definition) is 2. The molecule has 0 saturated carbocycles. The van der Waals surface area contributed by atoms with Gasteiger partial charge in [0.15, 0.2) is 0 Å². The summed E-state index contributed by atoms with van der Waals surface area (Å²) in [6.45, 7) is 2.87. The highest BCUT2D eigenvalue weighted by Crippen LogP contribution is 2.18. The number of hydrogen-bond acceptors (Lipinski definition) is 5. The first kappa shape index (κ1) is 14.4. The van der Waals surface area contributed by atoms with Crippen molar-refractivity contribution in [3.05, 3.63) is 48.3 Å². The molecule has 0 unspecified atom stereocenters. The molecule has 5 heteroatoms. The predicted molar refractivity (Wildman–Crippen MR) is 76.6 cm³/mol. The molecule has 1 heterocycles. The molecule has 2 rings (SSSR count). The Bertz CT molecular complexity index is 516. The first-order chi connectivity index (χ1) is 9.81. The molecule has 1 atom stereocenters. The number of rotatable bonds is 7. The number of benzene rings is 1. The zero-order valence-electron chi connectivity index (χ0n) is 11.5. The number of nitrogens with zero attached hydrogens (tertiary/aromatic N) is 2. The van der Waals surface area contributed by atoms with Crippen molar-refractivity contribution < 1.29 is 9.84 Å². The normalized spacial score (nSPS) is 12.1. The van der Waals surface area contributed by atoms with Crippen LogP contribution in [0.2, 0.25) is 0 Å². The Balaban J connectivity index is 1.97. The lowest BCUT2D eigenvalue weighted by molar-refractivity contribution is 0.238. The molecule has 0 amide bonds. The van der Waals surface area contributed by atoms with E-state index in [-0.39, 0.29) is 12.6 Å². The molecule has 0 spiro atoms. The third-order valence-corrected chi connectivity index (χ3v) is 2.96. The molecular formula is C15H19N3O2. The summed E-state index contributed by atoms with van der Waals surface area (Å²) >= 11 is 0. The summed E-state index contributed by atoms with van der Waals surface area (Å²) in [6.07, 6.45) is 4.17. The van der Waals surface area contributed by atoms with Crippen LogP contribution in [0.3, 0.4) is 0 Å². The fraction of sp³-hybridized carbons (Fsp3) is 0.333. The molecule has 0 aliphatic carbocycles. The monoisotopic (exact) mass is 273 g/mol. The third kappa shape index (κ3) is 4.29. The molecule has 2 aromatic rings. The summed E-state index contributed by atoms with van der Waals surface area (Å²) in [5.41, 5.74) is 1.09. The van der Waals surface area contributed by atoms with E-state index in [1.807, 2.05) is 31.2 Å². The van der Waals surface area contributed by atoms with Crippen LogP contribution in [0.25, 0.3) is 0 Å². The first-order valence-electron chi connectivity index (χ1n) is 6.70. The van der Waals surface area contributed by atoms with Crippen LogP contribution in [0.1, 0.15) is 18.9 Å². The molecule has 2 N–H and O–H groups in total. The molecule has 0 bridgehead atoms. The number of aliphatic hydroxyl groups is 1. The summed E-state index contributed by atoms with van der Waals surface area (Å²) in [5, 5.41) is 12.4. The Labute approximate surface area is 118 Å². The van der Waals surface area contributed by atoms with Crippen molar-refractivity contribution >= 4 is 0 Å². The second kappa shape index (κ2) is 7.57. The van der Waals surface area contributed by atoms with E-state index in [9.17, 15) is 0 Å². The van der Waals surface area contributed by atoms with E-state index in [1.54, 1.807) is 18.5 Å². The average molecular weight is 273 g/mol. The summed E-state index contributed by atoms with van der Waals surface area (Å²) < 4.78 is 5.58. The maximum Gasteiger partial charge on any atom is 0.321 e. The van der Waals surface area contributed by atoms with Gasteiger partial charge in [0.25, 0.3) is 0 Å². The van der Waals surface area contributed by atoms with Crippen molar-refractivity contribution in [1.82, 2.24) is 15.3 Å². The van der Waals surface area contributed by atoms with E-state index >= 15 is 0 Å². The van der Waals surface area contributed by atoms with Crippen LogP contribution < -0.4 is 10.1 Å². The number of ether oxygens (including phenoxy) is 1. The molecule has 0 aliphatic rings. The Kier molecular flexibility index (Phi) is 5.46. The van der Waals surface area contributed by atoms with Gasteiger partial charge in [0.2, 0.25) is 0 Å². The van der Waals surface area contributed by atoms with Crippen molar-refractivity contribution in [1.29, 1.82) is 0 Å². The van der Waals surface area contributed by atoms with E-state index in [0.717, 1.165) is 12.0 Å². The van der Waals surface area contributed by atoms with E-state index in [2.05, 4.69) is 15.3 Å². The molecule has 0 radical (unpaired) electrons. The van der Waals surface area contributed by atoms with Crippen LogP contribution in [0.4, 0.5) is 0 Å². The second-order valence-corrected chi connectivity index (χ2v) is 4.45. The topological polar surface area (TPSA) is 67.3 Å². The van der Waals surface area contributed by atoms with E-state index in [0.29, 0.717) is 18.3 Å². The van der Waals surface area contributed by atoms with Crippen LogP contribution in [-0.4, -0.2) is 27.7 Å². The van der Waals surface area contributed by atoms with Gasteiger partial charge in [0.1, 0.15) is 5.75 Å². The molecule has 20 heavy (non-hydrogen) atoms. The van der Waals surface area contributed by atoms with Crippen molar-refractivity contribution in [2.45, 2.75) is 25.9 Å². The number of aliphatic hydroxyl groups excluding tert-OH is 1. The van der Waals surface area contributed by atoms with Crippen LogP contribution in [0.5, 0.6) is 11.8 Å². The molecular weight excluding hydrogens is 254 g/mol. The smallest absolute Gasteiger partial charge is 0.321 e. The van der Waals surface area contributed by atoms with Crippen molar-refractivity contribution in [2.75, 3.05) is 6.61 Å². The lowest BCUT2D eigenvalue weighted by atomic mass is 10.2. The lowest BCUT2D eigenvalue weighted by Crippen LogP contribution is -2.31. The summed E-state index contributed by atoms with van der Waals surface area (Å²) in [7, 11) is 0. The molecule has 1 aromatic heterocycles. The lowest BCUT2D eigenvalue weighted by Gasteiger charge is -2.14. The molecule has 106 valence electrons. The Morgan fingerprint density at radius 2 is 2.05 bits per heavy atom. The van der Waals surface area contributed by atoms with Gasteiger partial charge in [-0.3, -0.25) is 0 Å². The molecule has 0 saturated heterocycles. The standard InChI is InChI=1S/C15H19N3O2/c1-2-13(11-19)18-10-12-5-3-6-14(9-12)20-15-16-7-4-8-17-15/h3-9,13,18-19H,2,10-11H2,1H3/t13-/m1/s1. The molecule has 0 aliphatic heterocycles. The SMILES string of the molecule is CC[C@H](CO)NCc1cccc(Oc2ncccn2)c1. The van der Waals surface area contributed by atoms with E-state index in [4.69, 9.17) is 9.84 Å². The quantitative estimate of drug-likeness (QED) is 0.809. The van der Waals surface area contributed by atoms with Gasteiger partial charge >= 0.3 is 6.01 Å². The van der Waals surface area contributed by atoms with Crippen molar-refractivity contribution in [2.24, 2.45) is 0 Å². The minimum atomic E-state index is 0.122. The fourth-order valence-electron chi connectivity index (χ4n) is 1.76. The maximum absolute atomic E-state index is 9.15. The predicted octanol–water partition coefficient (Wildman–Crippen LogP) is 2.13. The summed E-state index contributed by atoms with van der Waals surface area (Å²) in [4.78, 5) is 8.04. The average Bonchev–Trinajstić information content (AvgIpc) is 2.50. The molecule has 0 fully saturated rings. The highest BCUT2D eigenvalue weighted by atomic mass is 16.5. The zero-order chi connectivity index (χ0) is 14.2. The van der Waals surface area contributed by atoms with Crippen molar-refractivity contribution in [3.63, 3.8) is 0 Å². The fourth-order valence-corrected chi connectivity index (χ4v) is 1.76. The minimum Gasteiger partial charge on any atom is -0.424 e. The van der Waals surface area contributed by atoms with Gasteiger partial charge in [-0.05, 0) is 30.2 Å².